The van der Waals surface area contributed by atoms with Crippen molar-refractivity contribution in [3.8, 4) is 0 Å². The summed E-state index contributed by atoms with van der Waals surface area (Å²) in [6.45, 7) is 0. The fourth-order valence-corrected chi connectivity index (χ4v) is 2.63. The third-order valence-electron chi connectivity index (χ3n) is 2.46. The van der Waals surface area contributed by atoms with E-state index in [2.05, 4.69) is 24.3 Å². The summed E-state index contributed by atoms with van der Waals surface area (Å²) in [5, 5.41) is 1.18. The molecule has 1 aliphatic carbocycles. The first-order chi connectivity index (χ1) is 6.85. The van der Waals surface area contributed by atoms with Crippen molar-refractivity contribution in [1.29, 1.82) is 0 Å². The summed E-state index contributed by atoms with van der Waals surface area (Å²) in [4.78, 5) is 0. The van der Waals surface area contributed by atoms with Crippen LogP contribution >= 0.6 is 8.38 Å². The van der Waals surface area contributed by atoms with Gasteiger partial charge in [-0.2, -0.15) is 0 Å². The minimum Gasteiger partial charge on any atom is -0.334 e. The van der Waals surface area contributed by atoms with Crippen LogP contribution in [0.4, 0.5) is 0 Å². The Morgan fingerprint density at radius 1 is 1.21 bits per heavy atom. The van der Waals surface area contributed by atoms with E-state index in [4.69, 9.17) is 9.05 Å². The zero-order valence-electron chi connectivity index (χ0n) is 8.56. The maximum Gasteiger partial charge on any atom is 0.204 e. The van der Waals surface area contributed by atoms with Crippen LogP contribution in [0.1, 0.15) is 24.3 Å². The molecule has 0 bridgehead atoms. The number of hydrogen-bond donors (Lipinski definition) is 0. The van der Waals surface area contributed by atoms with E-state index >= 15 is 0 Å². The lowest BCUT2D eigenvalue weighted by Gasteiger charge is -2.12. The molecular weight excluding hydrogens is 195 g/mol. The van der Waals surface area contributed by atoms with Gasteiger partial charge in [-0.3, -0.25) is 0 Å². The van der Waals surface area contributed by atoms with Gasteiger partial charge >= 0.3 is 0 Å². The second-order valence-corrected chi connectivity index (χ2v) is 5.25. The van der Waals surface area contributed by atoms with Gasteiger partial charge in [0, 0.05) is 19.5 Å². The van der Waals surface area contributed by atoms with Gasteiger partial charge in [-0.05, 0) is 36.5 Å². The Morgan fingerprint density at radius 3 is 2.50 bits per heavy atom. The maximum atomic E-state index is 5.28. The minimum atomic E-state index is -0.865. The Labute approximate surface area is 86.2 Å². The molecule has 0 radical (unpaired) electrons. The molecule has 0 aliphatic heterocycles. The van der Waals surface area contributed by atoms with E-state index in [9.17, 15) is 0 Å². The van der Waals surface area contributed by atoms with Crippen LogP contribution in [0.15, 0.2) is 24.3 Å². The maximum absolute atomic E-state index is 5.28. The smallest absolute Gasteiger partial charge is 0.204 e. The molecule has 2 rings (SSSR count). The fraction of sp³-hybridized carbons (Fsp3) is 0.455. The van der Waals surface area contributed by atoms with Gasteiger partial charge in [0.25, 0.3) is 0 Å². The van der Waals surface area contributed by atoms with Crippen LogP contribution < -0.4 is 5.30 Å². The summed E-state index contributed by atoms with van der Waals surface area (Å²) in [5.41, 5.74) is 1.43. The lowest BCUT2D eigenvalue weighted by Crippen LogP contribution is -2.03. The summed E-state index contributed by atoms with van der Waals surface area (Å²) in [7, 11) is 2.52. The van der Waals surface area contributed by atoms with Crippen LogP contribution in [0.2, 0.25) is 0 Å². The molecule has 0 N–H and O–H groups in total. The van der Waals surface area contributed by atoms with E-state index in [1.54, 1.807) is 14.2 Å². The zero-order chi connectivity index (χ0) is 9.97. The average molecular weight is 210 g/mol. The summed E-state index contributed by atoms with van der Waals surface area (Å²) in [6.07, 6.45) is 2.67. The first-order valence-corrected chi connectivity index (χ1v) is 6.01. The van der Waals surface area contributed by atoms with E-state index in [0.29, 0.717) is 0 Å². The van der Waals surface area contributed by atoms with Crippen molar-refractivity contribution in [1.82, 2.24) is 0 Å². The molecule has 1 aromatic rings. The summed E-state index contributed by atoms with van der Waals surface area (Å²) in [6, 6.07) is 8.58. The zero-order valence-corrected chi connectivity index (χ0v) is 9.46. The monoisotopic (exact) mass is 210 g/mol. The van der Waals surface area contributed by atoms with Crippen molar-refractivity contribution in [2.45, 2.75) is 18.8 Å². The molecule has 1 aliphatic rings. The minimum absolute atomic E-state index is 0.792. The molecule has 0 amide bonds. The first kappa shape index (κ1) is 10.1. The molecular formula is C11H15O2P. The largest absolute Gasteiger partial charge is 0.334 e. The van der Waals surface area contributed by atoms with Gasteiger partial charge in [0.2, 0.25) is 8.38 Å². The molecule has 0 spiro atoms. The topological polar surface area (TPSA) is 18.5 Å². The van der Waals surface area contributed by atoms with Crippen LogP contribution in [-0.4, -0.2) is 14.2 Å². The van der Waals surface area contributed by atoms with Crippen molar-refractivity contribution >= 4 is 13.7 Å². The molecule has 1 aromatic carbocycles. The van der Waals surface area contributed by atoms with Gasteiger partial charge in [0.1, 0.15) is 0 Å². The second kappa shape index (κ2) is 4.39. The molecule has 0 saturated heterocycles. The molecule has 0 aromatic heterocycles. The summed E-state index contributed by atoms with van der Waals surface area (Å²) < 4.78 is 10.6. The molecule has 0 heterocycles. The van der Waals surface area contributed by atoms with Gasteiger partial charge in [0.15, 0.2) is 0 Å². The Morgan fingerprint density at radius 2 is 1.93 bits per heavy atom. The average Bonchev–Trinajstić information content (AvgIpc) is 3.03. The van der Waals surface area contributed by atoms with E-state index in [-0.39, 0.29) is 0 Å². The van der Waals surface area contributed by atoms with E-state index in [1.165, 1.54) is 23.7 Å². The van der Waals surface area contributed by atoms with E-state index < -0.39 is 8.38 Å². The molecule has 0 unspecified atom stereocenters. The molecule has 3 heteroatoms. The standard InChI is InChI=1S/C11H15O2P/c1-12-14(13-2)11-5-3-4-10(8-11)9-6-7-9/h3-5,8-9H,6-7H2,1-2H3. The highest BCUT2D eigenvalue weighted by molar-refractivity contribution is 7.55. The normalized spacial score (nSPS) is 16.2. The van der Waals surface area contributed by atoms with Crippen molar-refractivity contribution in [3.63, 3.8) is 0 Å². The van der Waals surface area contributed by atoms with Crippen LogP contribution in [0, 0.1) is 0 Å². The second-order valence-electron chi connectivity index (χ2n) is 3.49. The Kier molecular flexibility index (Phi) is 3.17. The van der Waals surface area contributed by atoms with Gasteiger partial charge in [-0.25, -0.2) is 0 Å². The fourth-order valence-electron chi connectivity index (χ4n) is 1.59. The van der Waals surface area contributed by atoms with Crippen LogP contribution in [0.25, 0.3) is 0 Å². The third-order valence-corrected chi connectivity index (χ3v) is 3.82. The quantitative estimate of drug-likeness (QED) is 0.711. The highest BCUT2D eigenvalue weighted by atomic mass is 31.2. The van der Waals surface area contributed by atoms with E-state index in [0.717, 1.165) is 5.92 Å². The highest BCUT2D eigenvalue weighted by Crippen LogP contribution is 2.41. The Bertz CT molecular complexity index is 306. The summed E-state index contributed by atoms with van der Waals surface area (Å²) in [5.74, 6) is 0.792. The van der Waals surface area contributed by atoms with Gasteiger partial charge in [-0.15, -0.1) is 0 Å². The number of rotatable bonds is 4. The predicted molar refractivity (Wildman–Crippen MR) is 59.0 cm³/mol. The van der Waals surface area contributed by atoms with Gasteiger partial charge in [-0.1, -0.05) is 12.1 Å². The lowest BCUT2D eigenvalue weighted by atomic mass is 10.1. The van der Waals surface area contributed by atoms with Crippen molar-refractivity contribution in [3.05, 3.63) is 29.8 Å². The number of benzene rings is 1. The van der Waals surface area contributed by atoms with Crippen molar-refractivity contribution in [2.24, 2.45) is 0 Å². The van der Waals surface area contributed by atoms with Gasteiger partial charge < -0.3 is 9.05 Å². The van der Waals surface area contributed by atoms with Crippen LogP contribution in [0.3, 0.4) is 0 Å². The molecule has 2 nitrogen and oxygen atoms in total. The third kappa shape index (κ3) is 2.14. The molecule has 1 saturated carbocycles. The molecule has 14 heavy (non-hydrogen) atoms. The van der Waals surface area contributed by atoms with E-state index in [1.807, 2.05) is 0 Å². The predicted octanol–water partition coefficient (Wildman–Crippen LogP) is 2.79. The first-order valence-electron chi connectivity index (χ1n) is 4.83. The highest BCUT2D eigenvalue weighted by Gasteiger charge is 2.24. The Hall–Kier alpha value is -0.430. The molecule has 76 valence electrons. The SMILES string of the molecule is COP(OC)c1cccc(C2CC2)c1. The van der Waals surface area contributed by atoms with Crippen molar-refractivity contribution in [2.75, 3.05) is 14.2 Å². The van der Waals surface area contributed by atoms with Crippen molar-refractivity contribution < 1.29 is 9.05 Å². The van der Waals surface area contributed by atoms with Gasteiger partial charge in [0.05, 0.1) is 0 Å². The Balaban J connectivity index is 2.19. The van der Waals surface area contributed by atoms with Crippen LogP contribution in [0.5, 0.6) is 0 Å². The lowest BCUT2D eigenvalue weighted by molar-refractivity contribution is 0.350. The van der Waals surface area contributed by atoms with Crippen LogP contribution in [-0.2, 0) is 9.05 Å². The number of hydrogen-bond acceptors (Lipinski definition) is 2. The molecule has 0 atom stereocenters. The molecule has 1 fully saturated rings. The summed E-state index contributed by atoms with van der Waals surface area (Å²) >= 11 is 0.